The summed E-state index contributed by atoms with van der Waals surface area (Å²) in [5, 5.41) is 3.99. The van der Waals surface area contributed by atoms with E-state index < -0.39 is 0 Å². The predicted octanol–water partition coefficient (Wildman–Crippen LogP) is 2.65. The van der Waals surface area contributed by atoms with E-state index >= 15 is 0 Å². The smallest absolute Gasteiger partial charge is 0.271 e. The lowest BCUT2D eigenvalue weighted by atomic mass is 10.2. The minimum atomic E-state index is -0.300. The first-order valence-corrected chi connectivity index (χ1v) is 7.62. The molecule has 0 bridgehead atoms. The normalized spacial score (nSPS) is 11.0. The minimum Gasteiger partial charge on any atom is -0.493 e. The summed E-state index contributed by atoms with van der Waals surface area (Å²) in [6.45, 7) is 1.87. The molecular weight excluding hydrogens is 320 g/mol. The van der Waals surface area contributed by atoms with Crippen LogP contribution in [-0.2, 0) is 0 Å². The Kier molecular flexibility index (Phi) is 4.65. The maximum absolute atomic E-state index is 12.2. The van der Waals surface area contributed by atoms with Crippen molar-refractivity contribution in [1.29, 1.82) is 0 Å². The van der Waals surface area contributed by atoms with E-state index in [2.05, 4.69) is 20.5 Å². The number of fused-ring (bicyclic) bond motifs is 1. The number of amides is 1. The molecule has 7 heteroatoms. The summed E-state index contributed by atoms with van der Waals surface area (Å²) in [5.41, 5.74) is 5.42. The van der Waals surface area contributed by atoms with Gasteiger partial charge in [-0.15, -0.1) is 0 Å². The highest BCUT2D eigenvalue weighted by Crippen LogP contribution is 2.26. The van der Waals surface area contributed by atoms with Gasteiger partial charge in [-0.25, -0.2) is 10.4 Å². The zero-order chi connectivity index (χ0) is 17.8. The number of hydrazone groups is 1. The van der Waals surface area contributed by atoms with Crippen LogP contribution < -0.4 is 14.9 Å². The number of nitrogens with zero attached hydrogens (tertiary/aromatic N) is 2. The third kappa shape index (κ3) is 3.60. The summed E-state index contributed by atoms with van der Waals surface area (Å²) in [5.74, 6) is 1.73. The molecule has 0 aliphatic rings. The number of imidazole rings is 1. The number of carbonyl (C=O) groups excluding carboxylic acids is 1. The standard InChI is InChI=1S/C18H18N4O3/c1-11-20-14-6-5-13(9-15(14)21-11)18(23)22-19-10-12-4-7-16(24-2)17(8-12)25-3/h4-10H,1-3H3,(H,20,21)(H,22,23). The number of aromatic nitrogens is 2. The number of carbonyl (C=O) groups is 1. The molecule has 3 rings (SSSR count). The largest absolute Gasteiger partial charge is 0.493 e. The van der Waals surface area contributed by atoms with Crippen molar-refractivity contribution in [2.45, 2.75) is 6.92 Å². The van der Waals surface area contributed by atoms with Crippen LogP contribution in [0.25, 0.3) is 11.0 Å². The summed E-state index contributed by atoms with van der Waals surface area (Å²) >= 11 is 0. The number of hydrogen-bond acceptors (Lipinski definition) is 5. The third-order valence-electron chi connectivity index (χ3n) is 3.65. The molecule has 2 aromatic carbocycles. The molecule has 128 valence electrons. The van der Waals surface area contributed by atoms with Crippen molar-refractivity contribution in [3.05, 3.63) is 53.3 Å². The molecule has 0 aliphatic carbocycles. The summed E-state index contributed by atoms with van der Waals surface area (Å²) < 4.78 is 10.4. The lowest BCUT2D eigenvalue weighted by Gasteiger charge is -2.07. The number of rotatable bonds is 5. The van der Waals surface area contributed by atoms with Gasteiger partial charge in [0.1, 0.15) is 5.82 Å². The Labute approximate surface area is 144 Å². The van der Waals surface area contributed by atoms with Gasteiger partial charge in [-0.05, 0) is 48.9 Å². The molecule has 1 heterocycles. The minimum absolute atomic E-state index is 0.300. The molecule has 1 amide bonds. The molecule has 0 spiro atoms. The Morgan fingerprint density at radius 2 is 1.96 bits per heavy atom. The average Bonchev–Trinajstić information content (AvgIpc) is 3.00. The molecule has 25 heavy (non-hydrogen) atoms. The van der Waals surface area contributed by atoms with E-state index in [-0.39, 0.29) is 5.91 Å². The van der Waals surface area contributed by atoms with E-state index in [1.807, 2.05) is 13.0 Å². The highest BCUT2D eigenvalue weighted by Gasteiger charge is 2.07. The summed E-state index contributed by atoms with van der Waals surface area (Å²) in [4.78, 5) is 19.6. The fourth-order valence-corrected chi connectivity index (χ4v) is 2.44. The van der Waals surface area contributed by atoms with E-state index in [1.165, 1.54) is 0 Å². The monoisotopic (exact) mass is 338 g/mol. The van der Waals surface area contributed by atoms with E-state index in [0.29, 0.717) is 17.1 Å². The lowest BCUT2D eigenvalue weighted by Crippen LogP contribution is -2.17. The van der Waals surface area contributed by atoms with Crippen LogP contribution in [0.3, 0.4) is 0 Å². The average molecular weight is 338 g/mol. The highest BCUT2D eigenvalue weighted by molar-refractivity contribution is 5.97. The fourth-order valence-electron chi connectivity index (χ4n) is 2.44. The van der Waals surface area contributed by atoms with Crippen molar-refractivity contribution in [2.75, 3.05) is 14.2 Å². The van der Waals surface area contributed by atoms with Gasteiger partial charge >= 0.3 is 0 Å². The van der Waals surface area contributed by atoms with E-state index in [0.717, 1.165) is 22.4 Å². The van der Waals surface area contributed by atoms with E-state index in [1.54, 1.807) is 50.8 Å². The molecule has 0 saturated heterocycles. The molecule has 7 nitrogen and oxygen atoms in total. The summed E-state index contributed by atoms with van der Waals surface area (Å²) in [7, 11) is 3.14. The van der Waals surface area contributed by atoms with Gasteiger partial charge < -0.3 is 14.5 Å². The quantitative estimate of drug-likeness (QED) is 0.553. The van der Waals surface area contributed by atoms with Crippen LogP contribution in [0.5, 0.6) is 11.5 Å². The van der Waals surface area contributed by atoms with Gasteiger partial charge in [-0.1, -0.05) is 0 Å². The molecule has 2 N–H and O–H groups in total. The Morgan fingerprint density at radius 3 is 2.72 bits per heavy atom. The van der Waals surface area contributed by atoms with Crippen molar-refractivity contribution >= 4 is 23.2 Å². The maximum atomic E-state index is 12.2. The van der Waals surface area contributed by atoms with Crippen LogP contribution in [0.2, 0.25) is 0 Å². The number of methoxy groups -OCH3 is 2. The first-order valence-electron chi connectivity index (χ1n) is 7.62. The number of ether oxygens (including phenoxy) is 2. The van der Waals surface area contributed by atoms with Crippen molar-refractivity contribution in [3.8, 4) is 11.5 Å². The van der Waals surface area contributed by atoms with Crippen LogP contribution in [-0.4, -0.2) is 36.3 Å². The number of H-pyrrole nitrogens is 1. The van der Waals surface area contributed by atoms with Gasteiger partial charge in [0.25, 0.3) is 5.91 Å². The molecule has 1 aromatic heterocycles. The number of hydrogen-bond donors (Lipinski definition) is 2. The molecule has 0 unspecified atom stereocenters. The molecule has 0 aliphatic heterocycles. The van der Waals surface area contributed by atoms with Gasteiger partial charge in [-0.3, -0.25) is 4.79 Å². The zero-order valence-electron chi connectivity index (χ0n) is 14.2. The molecule has 3 aromatic rings. The van der Waals surface area contributed by atoms with E-state index in [4.69, 9.17) is 9.47 Å². The predicted molar refractivity (Wildman–Crippen MR) is 95.4 cm³/mol. The third-order valence-corrected chi connectivity index (χ3v) is 3.65. The molecule has 0 saturated carbocycles. The lowest BCUT2D eigenvalue weighted by molar-refractivity contribution is 0.0955. The van der Waals surface area contributed by atoms with Gasteiger partial charge in [-0.2, -0.15) is 5.10 Å². The molecule has 0 radical (unpaired) electrons. The SMILES string of the molecule is COc1ccc(C=NNC(=O)c2ccc3nc(C)[nH]c3c2)cc1OC. The van der Waals surface area contributed by atoms with Gasteiger partial charge in [0.15, 0.2) is 11.5 Å². The molecule has 0 atom stereocenters. The van der Waals surface area contributed by atoms with Crippen molar-refractivity contribution in [3.63, 3.8) is 0 Å². The van der Waals surface area contributed by atoms with Crippen LogP contribution in [0.4, 0.5) is 0 Å². The number of aromatic amines is 1. The molecular formula is C18H18N4O3. The zero-order valence-corrected chi connectivity index (χ0v) is 14.2. The number of aryl methyl sites for hydroxylation is 1. The van der Waals surface area contributed by atoms with Gasteiger partial charge in [0.05, 0.1) is 31.5 Å². The highest BCUT2D eigenvalue weighted by atomic mass is 16.5. The summed E-state index contributed by atoms with van der Waals surface area (Å²) in [6, 6.07) is 10.6. The molecule has 0 fully saturated rings. The Morgan fingerprint density at radius 1 is 1.16 bits per heavy atom. The van der Waals surface area contributed by atoms with Crippen molar-refractivity contribution in [1.82, 2.24) is 15.4 Å². The van der Waals surface area contributed by atoms with Crippen molar-refractivity contribution < 1.29 is 14.3 Å². The first-order chi connectivity index (χ1) is 12.1. The van der Waals surface area contributed by atoms with Crippen LogP contribution in [0.1, 0.15) is 21.7 Å². The van der Waals surface area contributed by atoms with Crippen molar-refractivity contribution in [2.24, 2.45) is 5.10 Å². The number of nitrogens with one attached hydrogen (secondary N) is 2. The van der Waals surface area contributed by atoms with Gasteiger partial charge in [0, 0.05) is 5.56 Å². The van der Waals surface area contributed by atoms with Crippen LogP contribution in [0, 0.1) is 6.92 Å². The second-order valence-corrected chi connectivity index (χ2v) is 5.37. The van der Waals surface area contributed by atoms with Crippen LogP contribution in [0.15, 0.2) is 41.5 Å². The van der Waals surface area contributed by atoms with Crippen LogP contribution >= 0.6 is 0 Å². The first kappa shape index (κ1) is 16.5. The Balaban J connectivity index is 1.71. The van der Waals surface area contributed by atoms with E-state index in [9.17, 15) is 4.79 Å². The maximum Gasteiger partial charge on any atom is 0.271 e. The Hall–Kier alpha value is -3.35. The second-order valence-electron chi connectivity index (χ2n) is 5.37. The summed E-state index contributed by atoms with van der Waals surface area (Å²) in [6.07, 6.45) is 1.54. The van der Waals surface area contributed by atoms with Gasteiger partial charge in [0.2, 0.25) is 0 Å². The number of benzene rings is 2. The fraction of sp³-hybridized carbons (Fsp3) is 0.167. The Bertz CT molecular complexity index is 947. The second kappa shape index (κ2) is 7.04. The topological polar surface area (TPSA) is 88.6 Å².